The van der Waals surface area contributed by atoms with Gasteiger partial charge in [-0.25, -0.2) is 0 Å². The number of carbonyl (C=O) groups excluding carboxylic acids is 1. The van der Waals surface area contributed by atoms with Crippen LogP contribution in [0, 0.1) is 0 Å². The molecule has 0 aliphatic rings. The summed E-state index contributed by atoms with van der Waals surface area (Å²) in [4.78, 5) is 10.5. The summed E-state index contributed by atoms with van der Waals surface area (Å²) in [5.41, 5.74) is 2.12. The van der Waals surface area contributed by atoms with Crippen LogP contribution in [0.1, 0.15) is 18.1 Å². The number of nitrogens with one attached hydrogen (secondary N) is 1. The van der Waals surface area contributed by atoms with Gasteiger partial charge >= 0.3 is 6.41 Å². The Hall–Kier alpha value is -2.09. The van der Waals surface area contributed by atoms with E-state index in [1.54, 1.807) is 6.41 Å². The monoisotopic (exact) mass is 238 g/mol. The molecule has 2 heteroatoms. The molecule has 0 unspecified atom stereocenters. The smallest absolute Gasteiger partial charge is 0.309 e. The Morgan fingerprint density at radius 2 is 1.39 bits per heavy atom. The molecule has 91 valence electrons. The van der Waals surface area contributed by atoms with E-state index in [-0.39, 0.29) is 5.41 Å². The first-order valence-electron chi connectivity index (χ1n) is 5.98. The summed E-state index contributed by atoms with van der Waals surface area (Å²) in [5, 5.41) is 2.68. The van der Waals surface area contributed by atoms with Gasteiger partial charge in [0.2, 0.25) is 0 Å². The minimum atomic E-state index is -0.236. The van der Waals surface area contributed by atoms with Crippen molar-refractivity contribution in [1.29, 1.82) is 0 Å². The van der Waals surface area contributed by atoms with Gasteiger partial charge in [0.1, 0.15) is 0 Å². The summed E-state index contributed by atoms with van der Waals surface area (Å²) in [5.74, 6) is 0. The molecule has 1 N–H and O–H groups in total. The van der Waals surface area contributed by atoms with Crippen LogP contribution in [0.25, 0.3) is 0 Å². The highest BCUT2D eigenvalue weighted by atomic mass is 16.1. The molecule has 2 rings (SSSR count). The number of amides is 1. The zero-order valence-corrected chi connectivity index (χ0v) is 10.4. The van der Waals surface area contributed by atoms with E-state index in [1.165, 1.54) is 11.1 Å². The lowest BCUT2D eigenvalue weighted by Crippen LogP contribution is -2.36. The van der Waals surface area contributed by atoms with Gasteiger partial charge in [0.05, 0.1) is 0 Å². The van der Waals surface area contributed by atoms with E-state index in [0.717, 1.165) is 0 Å². The maximum atomic E-state index is 10.5. The topological polar surface area (TPSA) is 29.1 Å². The quantitative estimate of drug-likeness (QED) is 0.797. The fourth-order valence-electron chi connectivity index (χ4n) is 2.20. The summed E-state index contributed by atoms with van der Waals surface area (Å²) >= 11 is 0. The van der Waals surface area contributed by atoms with E-state index in [4.69, 9.17) is 0 Å². The van der Waals surface area contributed by atoms with Crippen molar-refractivity contribution in [2.45, 2.75) is 12.3 Å². The highest BCUT2D eigenvalue weighted by molar-refractivity contribution is 5.49. The molecule has 0 aliphatic heterocycles. The molecule has 18 heavy (non-hydrogen) atoms. The molecule has 1 radical (unpaired) electrons. The third kappa shape index (κ3) is 2.43. The molecule has 1 amide bonds. The predicted molar refractivity (Wildman–Crippen MR) is 73.0 cm³/mol. The summed E-state index contributed by atoms with van der Waals surface area (Å²) in [6, 6.07) is 20.4. The molecular weight excluding hydrogens is 222 g/mol. The van der Waals surface area contributed by atoms with Crippen molar-refractivity contribution in [1.82, 2.24) is 5.32 Å². The van der Waals surface area contributed by atoms with E-state index in [9.17, 15) is 4.79 Å². The molecule has 0 aromatic heterocycles. The van der Waals surface area contributed by atoms with Crippen LogP contribution in [0.2, 0.25) is 0 Å². The molecule has 0 atom stereocenters. The largest absolute Gasteiger partial charge is 0.347 e. The first kappa shape index (κ1) is 12.4. The lowest BCUT2D eigenvalue weighted by atomic mass is 9.76. The van der Waals surface area contributed by atoms with E-state index < -0.39 is 0 Å². The Morgan fingerprint density at radius 1 is 0.944 bits per heavy atom. The van der Waals surface area contributed by atoms with E-state index in [0.29, 0.717) is 6.54 Å². The van der Waals surface area contributed by atoms with Gasteiger partial charge in [-0.3, -0.25) is 4.79 Å². The SMILES string of the molecule is CC(CN[C]=O)(c1ccccc1)c1ccccc1. The Kier molecular flexibility index (Phi) is 3.78. The summed E-state index contributed by atoms with van der Waals surface area (Å²) < 4.78 is 0. The molecule has 2 aromatic rings. The van der Waals surface area contributed by atoms with Crippen LogP contribution in [0.3, 0.4) is 0 Å². The molecular formula is C16H16NO. The second-order valence-corrected chi connectivity index (χ2v) is 4.52. The maximum absolute atomic E-state index is 10.5. The van der Waals surface area contributed by atoms with Crippen molar-refractivity contribution in [3.05, 3.63) is 71.8 Å². The van der Waals surface area contributed by atoms with Crippen LogP contribution in [-0.4, -0.2) is 13.0 Å². The van der Waals surface area contributed by atoms with Crippen molar-refractivity contribution in [3.8, 4) is 0 Å². The molecule has 0 spiro atoms. The van der Waals surface area contributed by atoms with Crippen LogP contribution in [-0.2, 0) is 10.2 Å². The first-order valence-corrected chi connectivity index (χ1v) is 5.98. The second kappa shape index (κ2) is 5.50. The predicted octanol–water partition coefficient (Wildman–Crippen LogP) is 2.65. The van der Waals surface area contributed by atoms with Crippen molar-refractivity contribution < 1.29 is 4.79 Å². The number of benzene rings is 2. The molecule has 0 saturated carbocycles. The normalized spacial score (nSPS) is 10.9. The summed E-state index contributed by atoms with van der Waals surface area (Å²) in [6.45, 7) is 2.66. The highest BCUT2D eigenvalue weighted by Crippen LogP contribution is 2.30. The summed E-state index contributed by atoms with van der Waals surface area (Å²) in [6.07, 6.45) is 1.76. The van der Waals surface area contributed by atoms with Gasteiger partial charge in [0.15, 0.2) is 0 Å². The third-order valence-electron chi connectivity index (χ3n) is 3.34. The Bertz CT molecular complexity index is 454. The zero-order valence-electron chi connectivity index (χ0n) is 10.4. The third-order valence-corrected chi connectivity index (χ3v) is 3.34. The van der Waals surface area contributed by atoms with Gasteiger partial charge in [0, 0.05) is 12.0 Å². The lowest BCUT2D eigenvalue weighted by molar-refractivity contribution is 0.509. The Morgan fingerprint density at radius 3 is 1.78 bits per heavy atom. The first-order chi connectivity index (χ1) is 8.77. The van der Waals surface area contributed by atoms with E-state index in [2.05, 4.69) is 36.5 Å². The molecule has 0 heterocycles. The number of rotatable bonds is 5. The van der Waals surface area contributed by atoms with Crippen molar-refractivity contribution >= 4 is 6.41 Å². The average Bonchev–Trinajstić information content (AvgIpc) is 2.46. The van der Waals surface area contributed by atoms with Crippen LogP contribution in [0.15, 0.2) is 60.7 Å². The van der Waals surface area contributed by atoms with Crippen molar-refractivity contribution in [2.24, 2.45) is 0 Å². The minimum Gasteiger partial charge on any atom is -0.347 e. The van der Waals surface area contributed by atoms with Gasteiger partial charge < -0.3 is 5.32 Å². The lowest BCUT2D eigenvalue weighted by Gasteiger charge is -2.30. The van der Waals surface area contributed by atoms with Crippen LogP contribution < -0.4 is 5.32 Å². The highest BCUT2D eigenvalue weighted by Gasteiger charge is 2.28. The Balaban J connectivity index is 2.44. The van der Waals surface area contributed by atoms with Crippen LogP contribution >= 0.6 is 0 Å². The fraction of sp³-hybridized carbons (Fsp3) is 0.188. The van der Waals surface area contributed by atoms with E-state index in [1.807, 2.05) is 36.4 Å². The van der Waals surface area contributed by atoms with Crippen molar-refractivity contribution in [3.63, 3.8) is 0 Å². The van der Waals surface area contributed by atoms with Gasteiger partial charge in [0.25, 0.3) is 0 Å². The van der Waals surface area contributed by atoms with E-state index >= 15 is 0 Å². The summed E-state index contributed by atoms with van der Waals surface area (Å²) in [7, 11) is 0. The van der Waals surface area contributed by atoms with Crippen molar-refractivity contribution in [2.75, 3.05) is 6.54 Å². The second-order valence-electron chi connectivity index (χ2n) is 4.52. The molecule has 0 fully saturated rings. The van der Waals surface area contributed by atoms with Gasteiger partial charge in [-0.15, -0.1) is 0 Å². The molecule has 0 aliphatic carbocycles. The Labute approximate surface area is 108 Å². The zero-order chi connectivity index (χ0) is 12.8. The number of hydrogen-bond donors (Lipinski definition) is 1. The van der Waals surface area contributed by atoms with Gasteiger partial charge in [-0.2, -0.15) is 0 Å². The average molecular weight is 238 g/mol. The number of hydrogen-bond acceptors (Lipinski definition) is 1. The maximum Gasteiger partial charge on any atom is 0.309 e. The molecule has 0 saturated heterocycles. The van der Waals surface area contributed by atoms with Gasteiger partial charge in [-0.1, -0.05) is 60.7 Å². The van der Waals surface area contributed by atoms with Crippen LogP contribution in [0.4, 0.5) is 0 Å². The molecule has 2 nitrogen and oxygen atoms in total. The van der Waals surface area contributed by atoms with Crippen LogP contribution in [0.5, 0.6) is 0 Å². The minimum absolute atomic E-state index is 0.236. The molecule has 0 bridgehead atoms. The van der Waals surface area contributed by atoms with Gasteiger partial charge in [-0.05, 0) is 18.1 Å². The molecule has 2 aromatic carbocycles. The standard InChI is InChI=1S/C16H16NO/c1-16(12-17-13-18,14-8-4-2-5-9-14)15-10-6-3-7-11-15/h2-11H,12H2,1H3,(H,17,18). The fourth-order valence-corrected chi connectivity index (χ4v) is 2.20.